The van der Waals surface area contributed by atoms with Gasteiger partial charge in [-0.1, -0.05) is 0 Å². The van der Waals surface area contributed by atoms with Crippen LogP contribution in [0.4, 0.5) is 0 Å². The smallest absolute Gasteiger partial charge is 0.230 e. The molecule has 0 saturated carbocycles. The predicted octanol–water partition coefficient (Wildman–Crippen LogP) is -0.283. The van der Waals surface area contributed by atoms with Gasteiger partial charge < -0.3 is 4.79 Å². The van der Waals surface area contributed by atoms with Crippen molar-refractivity contribution < 1.29 is 14.8 Å². The summed E-state index contributed by atoms with van der Waals surface area (Å²) in [6.07, 6.45) is 0.181. The number of ketones is 1. The normalized spacial score (nSPS) is 5.88. The maximum absolute atomic E-state index is 9.44. The summed E-state index contributed by atoms with van der Waals surface area (Å²) < 4.78 is 0. The summed E-state index contributed by atoms with van der Waals surface area (Å²) >= 11 is 0. The maximum Gasteiger partial charge on any atom is 0.230 e. The van der Waals surface area contributed by atoms with Crippen molar-refractivity contribution in [3.8, 4) is 0 Å². The van der Waals surface area contributed by atoms with Gasteiger partial charge in [0.2, 0.25) is 6.41 Å². The molecule has 8 heavy (non-hydrogen) atoms. The van der Waals surface area contributed by atoms with Gasteiger partial charge >= 0.3 is 0 Å². The summed E-state index contributed by atoms with van der Waals surface area (Å²) in [5, 5.41) is 7.26. The highest BCUT2D eigenvalue weighted by Crippen LogP contribution is 1.50. The van der Waals surface area contributed by atoms with Crippen LogP contribution in [0.5, 0.6) is 0 Å². The third-order valence-electron chi connectivity index (χ3n) is 0.0527. The van der Waals surface area contributed by atoms with Crippen molar-refractivity contribution in [2.45, 2.75) is 13.8 Å². The van der Waals surface area contributed by atoms with Crippen molar-refractivity contribution in [1.29, 1.82) is 0 Å². The molecule has 1 amide bonds. The van der Waals surface area contributed by atoms with Crippen LogP contribution in [0.25, 0.3) is 0 Å². The fourth-order valence-electron chi connectivity index (χ4n) is 0. The molecular formula is C4H9NO3. The first-order chi connectivity index (χ1) is 3.65. The van der Waals surface area contributed by atoms with E-state index in [9.17, 15) is 4.79 Å². The number of hydroxylamine groups is 1. The minimum absolute atomic E-state index is 0.167. The van der Waals surface area contributed by atoms with Crippen LogP contribution in [-0.2, 0) is 9.59 Å². The van der Waals surface area contributed by atoms with Crippen molar-refractivity contribution in [2.24, 2.45) is 0 Å². The van der Waals surface area contributed by atoms with Crippen LogP contribution in [0.15, 0.2) is 0 Å². The van der Waals surface area contributed by atoms with Crippen LogP contribution in [0, 0.1) is 0 Å². The second-order valence-corrected chi connectivity index (χ2v) is 1.16. The largest absolute Gasteiger partial charge is 0.300 e. The molecule has 0 aromatic heterocycles. The molecular weight excluding hydrogens is 110 g/mol. The number of carbonyl (C=O) groups is 2. The Kier molecular flexibility index (Phi) is 12.0. The van der Waals surface area contributed by atoms with E-state index in [0.717, 1.165) is 0 Å². The molecule has 0 aromatic rings. The molecule has 4 heteroatoms. The molecule has 0 bridgehead atoms. The first kappa shape index (κ1) is 10.2. The van der Waals surface area contributed by atoms with E-state index in [-0.39, 0.29) is 12.2 Å². The van der Waals surface area contributed by atoms with Gasteiger partial charge in [-0.05, 0) is 13.8 Å². The van der Waals surface area contributed by atoms with Crippen LogP contribution in [0.3, 0.4) is 0 Å². The van der Waals surface area contributed by atoms with Gasteiger partial charge in [0.15, 0.2) is 0 Å². The molecule has 0 aromatic carbocycles. The van der Waals surface area contributed by atoms with Crippen molar-refractivity contribution in [1.82, 2.24) is 5.48 Å². The Morgan fingerprint density at radius 2 is 1.75 bits per heavy atom. The van der Waals surface area contributed by atoms with Crippen LogP contribution in [0.1, 0.15) is 13.8 Å². The molecule has 4 nitrogen and oxygen atoms in total. The Bertz CT molecular complexity index is 67.7. The molecule has 0 aliphatic carbocycles. The van der Waals surface area contributed by atoms with E-state index in [1.54, 1.807) is 0 Å². The second kappa shape index (κ2) is 9.44. The molecule has 0 aliphatic heterocycles. The second-order valence-electron chi connectivity index (χ2n) is 1.16. The van der Waals surface area contributed by atoms with E-state index in [2.05, 4.69) is 0 Å². The molecule has 0 spiro atoms. The average molecular weight is 119 g/mol. The number of amides is 1. The zero-order valence-electron chi connectivity index (χ0n) is 4.84. The lowest BCUT2D eigenvalue weighted by molar-refractivity contribution is -0.116. The number of Topliss-reactive ketones (excluding diaryl/α,β-unsaturated/α-hetero) is 1. The lowest BCUT2D eigenvalue weighted by atomic mass is 10.6. The molecule has 0 saturated heterocycles. The number of nitrogens with one attached hydrogen (secondary N) is 1. The molecule has 0 heterocycles. The first-order valence-corrected chi connectivity index (χ1v) is 1.95. The third kappa shape index (κ3) is 8570. The van der Waals surface area contributed by atoms with E-state index in [4.69, 9.17) is 10.0 Å². The van der Waals surface area contributed by atoms with Crippen LogP contribution in [0.2, 0.25) is 0 Å². The van der Waals surface area contributed by atoms with Gasteiger partial charge in [0, 0.05) is 0 Å². The van der Waals surface area contributed by atoms with Gasteiger partial charge in [-0.3, -0.25) is 10.0 Å². The molecule has 0 atom stereocenters. The van der Waals surface area contributed by atoms with E-state index in [0.29, 0.717) is 0 Å². The minimum Gasteiger partial charge on any atom is -0.300 e. The lowest BCUT2D eigenvalue weighted by Gasteiger charge is -1.64. The predicted molar refractivity (Wildman–Crippen MR) is 27.3 cm³/mol. The summed E-state index contributed by atoms with van der Waals surface area (Å²) in [5.41, 5.74) is 1.25. The standard InChI is InChI=1S/C3H6O.CH3NO2/c1-3(2)4;3-1-2-4/h1-2H3;1,4H,(H,2,3). The summed E-state index contributed by atoms with van der Waals surface area (Å²) in [5.74, 6) is 0.167. The fraction of sp³-hybridized carbons (Fsp3) is 0.500. The molecule has 0 fully saturated rings. The highest BCUT2D eigenvalue weighted by molar-refractivity contribution is 5.72. The zero-order valence-corrected chi connectivity index (χ0v) is 4.84. The van der Waals surface area contributed by atoms with Gasteiger partial charge in [-0.2, -0.15) is 0 Å². The van der Waals surface area contributed by atoms with E-state index >= 15 is 0 Å². The SMILES string of the molecule is CC(C)=O.O=CNO. The molecule has 48 valence electrons. The summed E-state index contributed by atoms with van der Waals surface area (Å²) in [6, 6.07) is 0. The van der Waals surface area contributed by atoms with Crippen LogP contribution >= 0.6 is 0 Å². The average Bonchev–Trinajstić information content (AvgIpc) is 1.65. The van der Waals surface area contributed by atoms with Gasteiger partial charge in [-0.25, -0.2) is 5.48 Å². The summed E-state index contributed by atoms with van der Waals surface area (Å²) in [6.45, 7) is 3.06. The van der Waals surface area contributed by atoms with Crippen molar-refractivity contribution in [3.63, 3.8) is 0 Å². The summed E-state index contributed by atoms with van der Waals surface area (Å²) in [4.78, 5) is 18.3. The third-order valence-corrected chi connectivity index (χ3v) is 0.0527. The maximum atomic E-state index is 9.44. The van der Waals surface area contributed by atoms with E-state index in [1.807, 2.05) is 0 Å². The number of hydrogen-bond donors (Lipinski definition) is 2. The Labute approximate surface area is 47.5 Å². The summed E-state index contributed by atoms with van der Waals surface area (Å²) in [7, 11) is 0. The van der Waals surface area contributed by atoms with E-state index in [1.165, 1.54) is 19.3 Å². The fourth-order valence-corrected chi connectivity index (χ4v) is 0. The minimum atomic E-state index is 0.167. The lowest BCUT2D eigenvalue weighted by Crippen LogP contribution is -1.99. The molecule has 2 N–H and O–H groups in total. The number of hydrogen-bond acceptors (Lipinski definition) is 3. The van der Waals surface area contributed by atoms with E-state index < -0.39 is 0 Å². The number of carbonyl (C=O) groups excluding carboxylic acids is 2. The van der Waals surface area contributed by atoms with Gasteiger partial charge in [0.05, 0.1) is 0 Å². The molecule has 0 rings (SSSR count). The zero-order chi connectivity index (χ0) is 6.99. The van der Waals surface area contributed by atoms with Crippen molar-refractivity contribution >= 4 is 12.2 Å². The Morgan fingerprint density at radius 3 is 1.75 bits per heavy atom. The molecule has 0 radical (unpaired) electrons. The molecule has 0 aliphatic rings. The van der Waals surface area contributed by atoms with Crippen molar-refractivity contribution in [2.75, 3.05) is 0 Å². The van der Waals surface area contributed by atoms with Crippen LogP contribution < -0.4 is 5.48 Å². The van der Waals surface area contributed by atoms with Gasteiger partial charge in [0.1, 0.15) is 5.78 Å². The quantitative estimate of drug-likeness (QED) is 0.283. The van der Waals surface area contributed by atoms with Crippen molar-refractivity contribution in [3.05, 3.63) is 0 Å². The topological polar surface area (TPSA) is 66.4 Å². The highest BCUT2D eigenvalue weighted by Gasteiger charge is 1.62. The first-order valence-electron chi connectivity index (χ1n) is 1.95. The monoisotopic (exact) mass is 119 g/mol. The van der Waals surface area contributed by atoms with Gasteiger partial charge in [0.25, 0.3) is 0 Å². The van der Waals surface area contributed by atoms with Crippen LogP contribution in [-0.4, -0.2) is 17.4 Å². The van der Waals surface area contributed by atoms with Gasteiger partial charge in [-0.15, -0.1) is 0 Å². The Morgan fingerprint density at radius 1 is 1.62 bits per heavy atom. The Hall–Kier alpha value is -0.900. The number of rotatable bonds is 1. The molecule has 0 unspecified atom stereocenters. The Balaban J connectivity index is 0. The highest BCUT2D eigenvalue weighted by atomic mass is 16.5.